The molecule has 0 bridgehead atoms. The summed E-state index contributed by atoms with van der Waals surface area (Å²) in [6.45, 7) is 2.51. The highest BCUT2D eigenvalue weighted by atomic mass is 35.5. The molecular weight excluding hydrogens is 292 g/mol. The molecule has 3 heterocycles. The maximum atomic E-state index is 5.92. The Morgan fingerprint density at radius 2 is 2.14 bits per heavy atom. The van der Waals surface area contributed by atoms with Crippen molar-refractivity contribution in [1.29, 1.82) is 0 Å². The minimum Gasteiger partial charge on any atom is -0.454 e. The number of pyridine rings is 1. The van der Waals surface area contributed by atoms with E-state index in [1.54, 1.807) is 0 Å². The zero-order chi connectivity index (χ0) is 14.2. The molecule has 2 aliphatic rings. The highest BCUT2D eigenvalue weighted by Gasteiger charge is 2.23. The second-order valence-corrected chi connectivity index (χ2v) is 5.46. The van der Waals surface area contributed by atoms with Gasteiger partial charge in [0, 0.05) is 24.7 Å². The fourth-order valence-corrected chi connectivity index (χ4v) is 2.99. The molecule has 0 amide bonds. The SMILES string of the molecule is ClCC1CN(c2nccc3cc4c(cc23)OCO4)CCO1. The van der Waals surface area contributed by atoms with Crippen LogP contribution in [0.2, 0.25) is 0 Å². The van der Waals surface area contributed by atoms with E-state index in [9.17, 15) is 0 Å². The van der Waals surface area contributed by atoms with Crippen molar-refractivity contribution >= 4 is 28.2 Å². The van der Waals surface area contributed by atoms with E-state index in [-0.39, 0.29) is 12.9 Å². The van der Waals surface area contributed by atoms with Crippen molar-refractivity contribution in [2.24, 2.45) is 0 Å². The first-order valence-electron chi connectivity index (χ1n) is 6.96. The molecule has 0 N–H and O–H groups in total. The Hall–Kier alpha value is -1.72. The quantitative estimate of drug-likeness (QED) is 0.797. The van der Waals surface area contributed by atoms with Crippen molar-refractivity contribution in [1.82, 2.24) is 4.98 Å². The van der Waals surface area contributed by atoms with Crippen molar-refractivity contribution in [3.63, 3.8) is 0 Å². The monoisotopic (exact) mass is 306 g/mol. The summed E-state index contributed by atoms with van der Waals surface area (Å²) in [5.41, 5.74) is 0. The van der Waals surface area contributed by atoms with Gasteiger partial charge in [-0.15, -0.1) is 11.6 Å². The van der Waals surface area contributed by atoms with Crippen LogP contribution in [0.4, 0.5) is 5.82 Å². The molecular formula is C15H15ClN2O3. The minimum atomic E-state index is 0.0477. The third-order valence-corrected chi connectivity index (χ3v) is 4.19. The van der Waals surface area contributed by atoms with Gasteiger partial charge in [-0.2, -0.15) is 0 Å². The fraction of sp³-hybridized carbons (Fsp3) is 0.400. The maximum absolute atomic E-state index is 5.92. The molecule has 21 heavy (non-hydrogen) atoms. The van der Waals surface area contributed by atoms with Gasteiger partial charge in [0.15, 0.2) is 11.5 Å². The molecule has 1 fully saturated rings. The Labute approximate surface area is 127 Å². The number of morpholine rings is 1. The standard InChI is InChI=1S/C15H15ClN2O3/c16-7-11-8-18(3-4-19-11)15-12-6-14-13(20-9-21-14)5-10(12)1-2-17-15/h1-2,5-6,11H,3-4,7-9H2. The largest absolute Gasteiger partial charge is 0.454 e. The molecule has 6 heteroatoms. The van der Waals surface area contributed by atoms with Gasteiger partial charge >= 0.3 is 0 Å². The summed E-state index contributed by atoms with van der Waals surface area (Å²) < 4.78 is 16.5. The number of fused-ring (bicyclic) bond motifs is 2. The van der Waals surface area contributed by atoms with Gasteiger partial charge in [0.25, 0.3) is 0 Å². The highest BCUT2D eigenvalue weighted by Crippen LogP contribution is 2.38. The molecule has 5 nitrogen and oxygen atoms in total. The summed E-state index contributed by atoms with van der Waals surface area (Å²) in [5.74, 6) is 3.01. The lowest BCUT2D eigenvalue weighted by Crippen LogP contribution is -2.43. The molecule has 1 saturated heterocycles. The number of ether oxygens (including phenoxy) is 3. The van der Waals surface area contributed by atoms with Crippen LogP contribution in [0.15, 0.2) is 24.4 Å². The number of aromatic nitrogens is 1. The van der Waals surface area contributed by atoms with Crippen molar-refractivity contribution < 1.29 is 14.2 Å². The number of hydrogen-bond donors (Lipinski definition) is 0. The summed E-state index contributed by atoms with van der Waals surface area (Å²) in [7, 11) is 0. The maximum Gasteiger partial charge on any atom is 0.231 e. The number of alkyl halides is 1. The van der Waals surface area contributed by atoms with Crippen LogP contribution in [0.1, 0.15) is 0 Å². The molecule has 2 aromatic rings. The zero-order valence-corrected chi connectivity index (χ0v) is 12.2. The lowest BCUT2D eigenvalue weighted by molar-refractivity contribution is 0.0553. The van der Waals surface area contributed by atoms with Crippen molar-refractivity contribution in [2.75, 3.05) is 37.3 Å². The fourth-order valence-electron chi connectivity index (χ4n) is 2.80. The Morgan fingerprint density at radius 3 is 3.00 bits per heavy atom. The molecule has 0 aliphatic carbocycles. The molecule has 1 unspecified atom stereocenters. The van der Waals surface area contributed by atoms with Crippen LogP contribution < -0.4 is 14.4 Å². The minimum absolute atomic E-state index is 0.0477. The van der Waals surface area contributed by atoms with Crippen LogP contribution in [0, 0.1) is 0 Å². The molecule has 0 spiro atoms. The number of hydrogen-bond acceptors (Lipinski definition) is 5. The average molecular weight is 307 g/mol. The van der Waals surface area contributed by atoms with Gasteiger partial charge in [-0.3, -0.25) is 0 Å². The number of rotatable bonds is 2. The van der Waals surface area contributed by atoms with E-state index in [0.717, 1.165) is 41.2 Å². The summed E-state index contributed by atoms with van der Waals surface area (Å²) in [6.07, 6.45) is 1.87. The summed E-state index contributed by atoms with van der Waals surface area (Å²) in [6, 6.07) is 5.99. The van der Waals surface area contributed by atoms with Gasteiger partial charge in [0.1, 0.15) is 5.82 Å². The van der Waals surface area contributed by atoms with Crippen molar-refractivity contribution in [3.05, 3.63) is 24.4 Å². The predicted molar refractivity (Wildman–Crippen MR) is 80.5 cm³/mol. The zero-order valence-electron chi connectivity index (χ0n) is 11.4. The third-order valence-electron chi connectivity index (χ3n) is 3.85. The molecule has 110 valence electrons. The van der Waals surface area contributed by atoms with Crippen molar-refractivity contribution in [3.8, 4) is 11.5 Å². The van der Waals surface area contributed by atoms with Crippen LogP contribution in [0.25, 0.3) is 10.8 Å². The lowest BCUT2D eigenvalue weighted by Gasteiger charge is -2.33. The van der Waals surface area contributed by atoms with Gasteiger partial charge < -0.3 is 19.1 Å². The predicted octanol–water partition coefficient (Wildman–Crippen LogP) is 2.41. The van der Waals surface area contributed by atoms with Crippen molar-refractivity contribution in [2.45, 2.75) is 6.10 Å². The third kappa shape index (κ3) is 2.26. The second kappa shape index (κ2) is 5.24. The summed E-state index contributed by atoms with van der Waals surface area (Å²) in [5, 5.41) is 2.16. The molecule has 2 aliphatic heterocycles. The molecule has 1 aromatic heterocycles. The van der Waals surface area contributed by atoms with E-state index in [0.29, 0.717) is 12.5 Å². The van der Waals surface area contributed by atoms with E-state index in [4.69, 9.17) is 25.8 Å². The Kier molecular flexibility index (Phi) is 3.24. The van der Waals surface area contributed by atoms with Crippen LogP contribution in [0.5, 0.6) is 11.5 Å². The van der Waals surface area contributed by atoms with Crippen LogP contribution in [-0.4, -0.2) is 43.5 Å². The van der Waals surface area contributed by atoms with E-state index < -0.39 is 0 Å². The van der Waals surface area contributed by atoms with Crippen LogP contribution in [-0.2, 0) is 4.74 Å². The molecule has 4 rings (SSSR count). The normalized spacial score (nSPS) is 21.0. The number of benzene rings is 1. The lowest BCUT2D eigenvalue weighted by atomic mass is 10.1. The number of halogens is 1. The Bertz CT molecular complexity index is 679. The van der Waals surface area contributed by atoms with E-state index in [1.807, 2.05) is 24.4 Å². The average Bonchev–Trinajstić information content (AvgIpc) is 2.99. The van der Waals surface area contributed by atoms with E-state index >= 15 is 0 Å². The first-order valence-corrected chi connectivity index (χ1v) is 7.49. The second-order valence-electron chi connectivity index (χ2n) is 5.15. The summed E-state index contributed by atoms with van der Waals surface area (Å²) in [4.78, 5) is 6.78. The number of nitrogens with zero attached hydrogens (tertiary/aromatic N) is 2. The number of anilines is 1. The van der Waals surface area contributed by atoms with Gasteiger partial charge in [0.2, 0.25) is 6.79 Å². The molecule has 1 aromatic carbocycles. The smallest absolute Gasteiger partial charge is 0.231 e. The topological polar surface area (TPSA) is 43.8 Å². The van der Waals surface area contributed by atoms with Gasteiger partial charge in [0.05, 0.1) is 18.6 Å². The van der Waals surface area contributed by atoms with Gasteiger partial charge in [-0.1, -0.05) is 0 Å². The summed E-state index contributed by atoms with van der Waals surface area (Å²) >= 11 is 5.92. The van der Waals surface area contributed by atoms with Crippen LogP contribution >= 0.6 is 11.6 Å². The first kappa shape index (κ1) is 13.0. The first-order chi connectivity index (χ1) is 10.3. The molecule has 0 radical (unpaired) electrons. The Morgan fingerprint density at radius 1 is 1.29 bits per heavy atom. The molecule has 1 atom stereocenters. The van der Waals surface area contributed by atoms with Gasteiger partial charge in [-0.05, 0) is 23.6 Å². The van der Waals surface area contributed by atoms with Gasteiger partial charge in [-0.25, -0.2) is 4.98 Å². The Balaban J connectivity index is 1.78. The van der Waals surface area contributed by atoms with Crippen LogP contribution in [0.3, 0.4) is 0 Å². The van der Waals surface area contributed by atoms with E-state index in [2.05, 4.69) is 9.88 Å². The van der Waals surface area contributed by atoms with E-state index in [1.165, 1.54) is 0 Å². The highest BCUT2D eigenvalue weighted by molar-refractivity contribution is 6.18. The molecule has 0 saturated carbocycles.